The number of hydrogen-bond acceptors (Lipinski definition) is 17. The van der Waals surface area contributed by atoms with Crippen molar-refractivity contribution < 1.29 is 318 Å². The molecule has 0 unspecified atom stereocenters. The maximum Gasteiger partial charge on any atom is 0.411 e. The van der Waals surface area contributed by atoms with E-state index in [1.807, 2.05) is 0 Å². The number of aromatic carboxylic acids is 2. The summed E-state index contributed by atoms with van der Waals surface area (Å²) in [5.41, 5.74) is -8.21. The number of rotatable bonds is 10. The molecule has 0 aromatic heterocycles. The third-order valence-corrected chi connectivity index (χ3v) is 7.34. The minimum Gasteiger partial charge on any atom is -0.478 e. The molecule has 29 nitrogen and oxygen atoms in total. The molecule has 0 radical (unpaired) electrons. The first-order valence-corrected chi connectivity index (χ1v) is 18.6. The number of Topliss-reactive ketones (excluding diaryl/α,β-unsaturated/α-hetero) is 1. The molecule has 0 saturated carbocycles. The Kier molecular flexibility index (Phi) is 186. The number of halogens is 6. The molecule has 0 aliphatic heterocycles. The van der Waals surface area contributed by atoms with Gasteiger partial charge in [-0.2, -0.15) is 26.3 Å². The van der Waals surface area contributed by atoms with Crippen LogP contribution in [0.1, 0.15) is 59.5 Å². The van der Waals surface area contributed by atoms with Crippen molar-refractivity contribution in [2.45, 2.75) is 24.7 Å². The molecule has 0 heterocycles. The summed E-state index contributed by atoms with van der Waals surface area (Å²) in [6.07, 6.45) is -11.7. The molecule has 0 aliphatic carbocycles. The molecule has 4 aromatic rings. The Morgan fingerprint density at radius 1 is 0.372 bits per heavy atom. The second kappa shape index (κ2) is 99.5. The molecule has 0 fully saturated rings. The summed E-state index contributed by atoms with van der Waals surface area (Å²) >= 11 is 0. The first-order valence-electron chi connectivity index (χ1n) is 18.6. The van der Waals surface area contributed by atoms with Crippen LogP contribution in [0.15, 0.2) is 84.9 Å². The van der Waals surface area contributed by atoms with Gasteiger partial charge in [0.1, 0.15) is 11.5 Å². The number of aliphatic hydroxyl groups excluding tert-OH is 11. The number of ketones is 1. The first kappa shape index (κ1) is 161. The maximum atomic E-state index is 14.5. The van der Waals surface area contributed by atoms with Gasteiger partial charge in [0.25, 0.3) is 5.91 Å². The van der Waals surface area contributed by atoms with Gasteiger partial charge >= 0.3 is 24.3 Å². The Balaban J connectivity index is -0.0000000415. The van der Waals surface area contributed by atoms with Gasteiger partial charge in [-0.25, -0.2) is 9.59 Å². The van der Waals surface area contributed by atoms with E-state index in [1.54, 1.807) is 0 Å². The van der Waals surface area contributed by atoms with Crippen molar-refractivity contribution in [3.05, 3.63) is 118 Å². The second-order valence-corrected chi connectivity index (χ2v) is 10.3. The second-order valence-electron chi connectivity index (χ2n) is 10.3. The molecule has 4 aromatic carbocycles. The standard InChI is InChI=1S/C33H24F6N2O7.11CH4O.9H2O.7Ti/c1-17(42)24-13-11-23(16-27(24)30(46)47)48-22-12-14-25(29(44)45)26(15-22)28(43)41-21-9-5-19(6-10-21)31(32(34,35)36,33(37,38)39)18-3-7-20(40-2)8-4-18;11*1-2;;;;;;;;;;;;;;;;/h3-16,40H,1-2H3,(H,41,43)(H,44,45)(H,46,47);11*2H,1H3;9*1H2;;;;;;;. The summed E-state index contributed by atoms with van der Waals surface area (Å²) in [4.78, 5) is 48.4. The number of carboxylic acid groups (broad SMARTS) is 2. The quantitative estimate of drug-likeness (QED) is 0.0409. The SMILES string of the molecule is CNc1ccc(C(c2ccc(NC(=O)c3cc(Oc4ccc(C(C)=O)c(C(=O)O)c4)ccc3C(=O)O)cc2)(C(F)(F)F)C(F)(F)F)cc1.CO.CO.CO.CO.CO.CO.CO.CO.CO.CO.CO.O.O.O.O.O.O.O.O.O.[Ti].[Ti].[Ti].[Ti].[Ti].[Ti].[Ti]. The van der Waals surface area contributed by atoms with Gasteiger partial charge in [-0.05, 0) is 78.7 Å². The summed E-state index contributed by atoms with van der Waals surface area (Å²) in [6.45, 7) is 1.16. The smallest absolute Gasteiger partial charge is 0.411 e. The van der Waals surface area contributed by atoms with Crippen LogP contribution in [0, 0.1) is 0 Å². The molecule has 0 atom stereocenters. The van der Waals surface area contributed by atoms with Crippen LogP contribution in [0.5, 0.6) is 11.5 Å². The number of aliphatic hydroxyl groups is 11. The predicted octanol–water partition coefficient (Wildman–Crippen LogP) is -3.96. The Hall–Kier alpha value is -1.66. The van der Waals surface area contributed by atoms with E-state index in [1.165, 1.54) is 19.2 Å². The predicted molar refractivity (Wildman–Crippen MR) is 282 cm³/mol. The number of carbonyl (C=O) groups is 4. The zero-order chi connectivity index (χ0) is 57.6. The van der Waals surface area contributed by atoms with E-state index in [-0.39, 0.29) is 235 Å². The van der Waals surface area contributed by atoms with Crippen LogP contribution in [0.25, 0.3) is 0 Å². The van der Waals surface area contributed by atoms with Crippen molar-refractivity contribution in [2.75, 3.05) is 95.9 Å². The number of carbonyl (C=O) groups excluding carboxylic acids is 2. The Morgan fingerprint density at radius 3 is 0.849 bits per heavy atom. The Bertz CT molecular complexity index is 1960. The van der Waals surface area contributed by atoms with Crippen molar-refractivity contribution in [1.82, 2.24) is 0 Å². The maximum absolute atomic E-state index is 14.5. The van der Waals surface area contributed by atoms with Crippen LogP contribution in [0.4, 0.5) is 37.7 Å². The Morgan fingerprint density at radius 2 is 0.616 bits per heavy atom. The summed E-state index contributed by atoms with van der Waals surface area (Å²) in [5, 5.41) is 101. The summed E-state index contributed by atoms with van der Waals surface area (Å²) in [6, 6.07) is 13.0. The molecular formula is C44H86F6N2O27Ti7. The average Bonchev–Trinajstić information content (AvgIpc) is 3.40. The fourth-order valence-electron chi connectivity index (χ4n) is 5.04. The molecule has 42 heteroatoms. The van der Waals surface area contributed by atoms with Gasteiger partial charge in [-0.3, -0.25) is 9.59 Å². The summed E-state index contributed by atoms with van der Waals surface area (Å²) < 4.78 is 92.4. The topological polar surface area (TPSA) is 648 Å². The molecule has 0 aliphatic rings. The zero-order valence-electron chi connectivity index (χ0n) is 48.7. The number of benzene rings is 4. The number of carboxylic acids is 2. The van der Waals surface area contributed by atoms with Crippen molar-refractivity contribution in [3.63, 3.8) is 0 Å². The van der Waals surface area contributed by atoms with Gasteiger partial charge in [0, 0.05) is 254 Å². The number of amides is 1. The first-order chi connectivity index (χ1) is 33.4. The number of hydrogen-bond donors (Lipinski definition) is 15. The van der Waals surface area contributed by atoms with Crippen LogP contribution in [0.3, 0.4) is 0 Å². The van der Waals surface area contributed by atoms with Crippen LogP contribution in [-0.4, -0.2) is 237 Å². The van der Waals surface area contributed by atoms with Crippen molar-refractivity contribution in [1.29, 1.82) is 0 Å². The van der Waals surface area contributed by atoms with Gasteiger partial charge in [-0.15, -0.1) is 0 Å². The summed E-state index contributed by atoms with van der Waals surface area (Å²) in [7, 11) is 12.4. The monoisotopic (exact) mass is 1520 g/mol. The third-order valence-electron chi connectivity index (χ3n) is 7.34. The van der Waals surface area contributed by atoms with E-state index < -0.39 is 63.7 Å². The van der Waals surface area contributed by atoms with Crippen molar-refractivity contribution in [3.8, 4) is 11.5 Å². The molecule has 1 amide bonds. The Labute approximate surface area is 598 Å². The molecule has 33 N–H and O–H groups in total. The van der Waals surface area contributed by atoms with Gasteiger partial charge in [0.15, 0.2) is 5.78 Å². The van der Waals surface area contributed by atoms with E-state index in [0.29, 0.717) is 24.3 Å². The van der Waals surface area contributed by atoms with Crippen LogP contribution >= 0.6 is 0 Å². The minimum absolute atomic E-state index is 0. The van der Waals surface area contributed by atoms with Crippen molar-refractivity contribution >= 4 is 35.0 Å². The molecule has 4 rings (SSSR count). The van der Waals surface area contributed by atoms with E-state index in [2.05, 4.69) is 10.6 Å². The largest absolute Gasteiger partial charge is 0.478 e. The summed E-state index contributed by atoms with van der Waals surface area (Å²) in [5.74, 6) is -4.83. The number of nitrogens with one attached hydrogen (secondary N) is 2. The van der Waals surface area contributed by atoms with Gasteiger partial charge in [0.2, 0.25) is 5.41 Å². The van der Waals surface area contributed by atoms with E-state index in [0.717, 1.165) is 134 Å². The fraction of sp³-hybridized carbons (Fsp3) is 0.364. The molecular weight excluding hydrogens is 1440 g/mol. The molecule has 0 bridgehead atoms. The normalized spacial score (nSPS) is 7.37. The van der Waals surface area contributed by atoms with E-state index >= 15 is 0 Å². The van der Waals surface area contributed by atoms with Crippen LogP contribution in [-0.2, 0) is 157 Å². The van der Waals surface area contributed by atoms with E-state index in [4.69, 9.17) is 60.9 Å². The molecule has 0 spiro atoms. The number of ether oxygens (including phenoxy) is 1. The molecule has 86 heavy (non-hydrogen) atoms. The van der Waals surface area contributed by atoms with Gasteiger partial charge < -0.3 is 131 Å². The van der Waals surface area contributed by atoms with Gasteiger partial charge in [0.05, 0.1) is 16.7 Å². The van der Waals surface area contributed by atoms with E-state index in [9.17, 15) is 55.7 Å². The third kappa shape index (κ3) is 54.1. The van der Waals surface area contributed by atoms with Gasteiger partial charge in [-0.1, -0.05) is 24.3 Å². The average molecular weight is 1520 g/mol. The van der Waals surface area contributed by atoms with Crippen LogP contribution < -0.4 is 15.4 Å². The number of anilines is 2. The minimum atomic E-state index is -5.84. The molecule has 0 saturated heterocycles. The van der Waals surface area contributed by atoms with Crippen LogP contribution in [0.2, 0.25) is 0 Å². The zero-order valence-corrected chi connectivity index (χ0v) is 59.6. The van der Waals surface area contributed by atoms with Crippen molar-refractivity contribution in [2.24, 2.45) is 0 Å². The number of alkyl halides is 6. The fourth-order valence-corrected chi connectivity index (χ4v) is 5.04. The molecule has 504 valence electrons.